The van der Waals surface area contributed by atoms with E-state index in [-0.39, 0.29) is 17.3 Å². The maximum absolute atomic E-state index is 12.3. The Bertz CT molecular complexity index is 846. The highest BCUT2D eigenvalue weighted by atomic mass is 16.5. The summed E-state index contributed by atoms with van der Waals surface area (Å²) in [7, 11) is 1.70. The highest BCUT2D eigenvalue weighted by molar-refractivity contribution is 5.94. The molecule has 4 N–H and O–H groups in total. The number of hydrogen-bond acceptors (Lipinski definition) is 5. The van der Waals surface area contributed by atoms with Gasteiger partial charge in [-0.1, -0.05) is 48.9 Å². The van der Waals surface area contributed by atoms with E-state index in [1.54, 1.807) is 7.11 Å². The predicted octanol–water partition coefficient (Wildman–Crippen LogP) is 3.67. The van der Waals surface area contributed by atoms with Gasteiger partial charge in [-0.15, -0.1) is 0 Å². The number of methoxy groups -OCH3 is 1. The maximum Gasteiger partial charge on any atom is 0.226 e. The second kappa shape index (κ2) is 12.6. The average Bonchev–Trinajstić information content (AvgIpc) is 2.82. The number of ether oxygens (including phenoxy) is 2. The first-order chi connectivity index (χ1) is 16.0. The summed E-state index contributed by atoms with van der Waals surface area (Å²) in [5.74, 6) is 0.454. The van der Waals surface area contributed by atoms with Gasteiger partial charge in [0.25, 0.3) is 0 Å². The van der Waals surface area contributed by atoms with Gasteiger partial charge in [-0.05, 0) is 37.9 Å². The molecule has 0 saturated carbocycles. The van der Waals surface area contributed by atoms with Gasteiger partial charge in [0.1, 0.15) is 5.76 Å². The van der Waals surface area contributed by atoms with Crippen molar-refractivity contribution in [2.45, 2.75) is 44.9 Å². The van der Waals surface area contributed by atoms with E-state index in [9.17, 15) is 4.79 Å². The van der Waals surface area contributed by atoms with E-state index in [2.05, 4.69) is 34.5 Å². The number of carbonyl (C=O) groups excluding carboxylic acids is 1. The number of likely N-dealkylation sites (tertiary alicyclic amines) is 1. The van der Waals surface area contributed by atoms with Crippen LogP contribution < -0.4 is 11.1 Å². The molecule has 1 saturated heterocycles. The second-order valence-electron chi connectivity index (χ2n) is 9.07. The van der Waals surface area contributed by atoms with E-state index >= 15 is 0 Å². The molecule has 1 aromatic rings. The Balaban J connectivity index is 1.83. The maximum atomic E-state index is 12.3. The number of rotatable bonds is 11. The van der Waals surface area contributed by atoms with E-state index in [1.807, 2.05) is 18.2 Å². The van der Waals surface area contributed by atoms with Crippen molar-refractivity contribution < 1.29 is 14.3 Å². The lowest BCUT2D eigenvalue weighted by Crippen LogP contribution is -2.42. The third-order valence-corrected chi connectivity index (χ3v) is 6.38. The van der Waals surface area contributed by atoms with Crippen LogP contribution in [0.5, 0.6) is 0 Å². The number of nitrogens with one attached hydrogen (secondary N) is 2. The number of benzene rings is 1. The van der Waals surface area contributed by atoms with Crippen LogP contribution in [-0.2, 0) is 14.3 Å². The van der Waals surface area contributed by atoms with Crippen molar-refractivity contribution in [2.24, 2.45) is 11.1 Å². The molecule has 1 atom stereocenters. The highest BCUT2D eigenvalue weighted by Crippen LogP contribution is 2.42. The van der Waals surface area contributed by atoms with E-state index in [1.165, 1.54) is 19.3 Å². The molecule has 1 aliphatic carbocycles. The molecular weight excluding hydrogens is 416 g/mol. The number of allylic oxidation sites excluding steroid dienone is 3. The minimum atomic E-state index is -0.308. The van der Waals surface area contributed by atoms with Crippen LogP contribution in [0.3, 0.4) is 0 Å². The van der Waals surface area contributed by atoms with Crippen LogP contribution in [0.15, 0.2) is 48.2 Å². The Morgan fingerprint density at radius 3 is 2.64 bits per heavy atom. The molecule has 3 rings (SSSR count). The predicted molar refractivity (Wildman–Crippen MR) is 132 cm³/mol. The lowest BCUT2D eigenvalue weighted by Gasteiger charge is -2.40. The van der Waals surface area contributed by atoms with Gasteiger partial charge >= 0.3 is 0 Å². The molecular formula is C26H38N4O3. The summed E-state index contributed by atoms with van der Waals surface area (Å²) >= 11 is 0. The van der Waals surface area contributed by atoms with Crippen LogP contribution >= 0.6 is 0 Å². The lowest BCUT2D eigenvalue weighted by atomic mass is 9.74. The summed E-state index contributed by atoms with van der Waals surface area (Å²) < 4.78 is 11.5. The van der Waals surface area contributed by atoms with Crippen LogP contribution in [0, 0.1) is 10.8 Å². The largest absolute Gasteiger partial charge is 0.497 e. The number of carbonyl (C=O) groups is 1. The molecule has 7 heteroatoms. The standard InChI is InChI=1S/C26H38N4O3/c1-32-17-8-18-33-23-19-26(14-12-24(31)29-25(27)28,20-30-15-6-3-7-16-30)13-11-22(23)21-9-4-2-5-10-21/h2,4-5,9-11,13H,3,6-8,12,14-20H2,1H3,(H4,27,28,29,31). The summed E-state index contributed by atoms with van der Waals surface area (Å²) in [6.45, 7) is 4.33. The lowest BCUT2D eigenvalue weighted by molar-refractivity contribution is -0.120. The van der Waals surface area contributed by atoms with E-state index < -0.39 is 0 Å². The normalized spacial score (nSPS) is 21.1. The number of piperidine rings is 1. The van der Waals surface area contributed by atoms with Gasteiger partial charge < -0.3 is 20.1 Å². The Morgan fingerprint density at radius 2 is 1.94 bits per heavy atom. The van der Waals surface area contributed by atoms with Gasteiger partial charge in [-0.3, -0.25) is 15.5 Å². The Hall–Kier alpha value is -2.64. The molecule has 1 aliphatic heterocycles. The fraction of sp³-hybridized carbons (Fsp3) is 0.538. The van der Waals surface area contributed by atoms with Crippen LogP contribution in [-0.4, -0.2) is 56.7 Å². The van der Waals surface area contributed by atoms with Gasteiger partial charge in [0, 0.05) is 50.5 Å². The molecule has 1 aromatic carbocycles. The Morgan fingerprint density at radius 1 is 1.18 bits per heavy atom. The number of amides is 1. The third kappa shape index (κ3) is 7.72. The zero-order chi connectivity index (χ0) is 23.5. The zero-order valence-electron chi connectivity index (χ0n) is 19.8. The van der Waals surface area contributed by atoms with Crippen molar-refractivity contribution >= 4 is 17.4 Å². The van der Waals surface area contributed by atoms with Gasteiger partial charge in [0.2, 0.25) is 5.91 Å². The highest BCUT2D eigenvalue weighted by Gasteiger charge is 2.36. The molecule has 180 valence electrons. The smallest absolute Gasteiger partial charge is 0.226 e. The molecule has 7 nitrogen and oxygen atoms in total. The average molecular weight is 455 g/mol. The van der Waals surface area contributed by atoms with Crippen LogP contribution in [0.1, 0.15) is 50.5 Å². The minimum absolute atomic E-state index is 0.208. The van der Waals surface area contributed by atoms with Crippen molar-refractivity contribution in [3.8, 4) is 0 Å². The van der Waals surface area contributed by atoms with E-state index in [0.29, 0.717) is 26.1 Å². The fourth-order valence-electron chi connectivity index (χ4n) is 4.73. The van der Waals surface area contributed by atoms with E-state index in [0.717, 1.165) is 49.4 Å². The number of nitrogens with zero attached hydrogens (tertiary/aromatic N) is 1. The molecule has 33 heavy (non-hydrogen) atoms. The summed E-state index contributed by atoms with van der Waals surface area (Å²) in [6, 6.07) is 10.3. The summed E-state index contributed by atoms with van der Waals surface area (Å²) in [5.41, 5.74) is 7.39. The van der Waals surface area contributed by atoms with Crippen molar-refractivity contribution in [1.82, 2.24) is 10.2 Å². The molecule has 0 spiro atoms. The molecule has 0 aromatic heterocycles. The first-order valence-corrected chi connectivity index (χ1v) is 12.0. The zero-order valence-corrected chi connectivity index (χ0v) is 19.8. The van der Waals surface area contributed by atoms with E-state index in [4.69, 9.17) is 20.6 Å². The monoisotopic (exact) mass is 454 g/mol. The second-order valence-corrected chi connectivity index (χ2v) is 9.07. The van der Waals surface area contributed by atoms with Crippen LogP contribution in [0.2, 0.25) is 0 Å². The fourth-order valence-corrected chi connectivity index (χ4v) is 4.73. The topological polar surface area (TPSA) is 101 Å². The van der Waals surface area contributed by atoms with Gasteiger partial charge in [0.05, 0.1) is 6.61 Å². The summed E-state index contributed by atoms with van der Waals surface area (Å²) in [6.07, 6.45) is 10.7. The molecule has 1 heterocycles. The summed E-state index contributed by atoms with van der Waals surface area (Å²) in [5, 5.41) is 9.78. The molecule has 0 radical (unpaired) electrons. The first kappa shape index (κ1) is 25.0. The van der Waals surface area contributed by atoms with Crippen molar-refractivity contribution in [3.63, 3.8) is 0 Å². The minimum Gasteiger partial charge on any atom is -0.497 e. The molecule has 1 fully saturated rings. The Labute approximate surface area is 197 Å². The van der Waals surface area contributed by atoms with Gasteiger partial charge in [-0.25, -0.2) is 0 Å². The number of guanidine groups is 1. The SMILES string of the molecule is COCCCOC1=C(c2ccccc2)C=CC(CCC(=O)NC(=N)N)(CN2CCCCC2)C1. The first-order valence-electron chi connectivity index (χ1n) is 12.0. The number of hydrogen-bond donors (Lipinski definition) is 3. The van der Waals surface area contributed by atoms with Crippen molar-refractivity contribution in [3.05, 3.63) is 53.8 Å². The summed E-state index contributed by atoms with van der Waals surface area (Å²) in [4.78, 5) is 14.8. The van der Waals surface area contributed by atoms with Crippen molar-refractivity contribution in [2.75, 3.05) is 40.0 Å². The quantitative estimate of drug-likeness (QED) is 0.269. The van der Waals surface area contributed by atoms with Gasteiger partial charge in [0.15, 0.2) is 5.96 Å². The molecule has 0 bridgehead atoms. The molecule has 2 aliphatic rings. The third-order valence-electron chi connectivity index (χ3n) is 6.38. The van der Waals surface area contributed by atoms with Gasteiger partial charge in [-0.2, -0.15) is 0 Å². The van der Waals surface area contributed by atoms with Crippen molar-refractivity contribution in [1.29, 1.82) is 5.41 Å². The number of nitrogens with two attached hydrogens (primary N) is 1. The van der Waals surface area contributed by atoms with Crippen LogP contribution in [0.25, 0.3) is 5.57 Å². The molecule has 1 amide bonds. The molecule has 1 unspecified atom stereocenters. The van der Waals surface area contributed by atoms with Crippen LogP contribution in [0.4, 0.5) is 0 Å². The Kier molecular flexibility index (Phi) is 9.51.